The topological polar surface area (TPSA) is 27.8 Å². The Labute approximate surface area is 100.0 Å². The van der Waals surface area contributed by atoms with Crippen LogP contribution in [0.4, 0.5) is 0 Å². The second kappa shape index (κ2) is 4.11. The van der Waals surface area contributed by atoms with Gasteiger partial charge in [0.1, 0.15) is 0 Å². The van der Waals surface area contributed by atoms with Crippen molar-refractivity contribution in [2.24, 2.45) is 0 Å². The lowest BCUT2D eigenvalue weighted by atomic mass is 9.96. The van der Waals surface area contributed by atoms with Crippen LogP contribution in [0, 0.1) is 0 Å². The first-order chi connectivity index (χ1) is 7.83. The summed E-state index contributed by atoms with van der Waals surface area (Å²) in [6.45, 7) is 2.24. The highest BCUT2D eigenvalue weighted by molar-refractivity contribution is 6.31. The van der Waals surface area contributed by atoms with E-state index < -0.39 is 0 Å². The standard InChI is InChI=1S/C13H15ClN2/c14-11-4-3-9-6-12(16-13(9)7-11)10-2-1-5-15-8-10/h3-4,6-7,10,15-16H,1-2,5,8H2. The summed E-state index contributed by atoms with van der Waals surface area (Å²) in [4.78, 5) is 3.48. The van der Waals surface area contributed by atoms with E-state index in [9.17, 15) is 0 Å². The van der Waals surface area contributed by atoms with Crippen LogP contribution in [-0.2, 0) is 0 Å². The molecule has 2 nitrogen and oxygen atoms in total. The van der Waals surface area contributed by atoms with Gasteiger partial charge in [0, 0.05) is 28.7 Å². The zero-order valence-electron chi connectivity index (χ0n) is 9.09. The van der Waals surface area contributed by atoms with E-state index in [2.05, 4.69) is 22.4 Å². The first-order valence-corrected chi connectivity index (χ1v) is 6.19. The number of hydrogen-bond donors (Lipinski definition) is 2. The summed E-state index contributed by atoms with van der Waals surface area (Å²) in [5.41, 5.74) is 2.48. The predicted octanol–water partition coefficient (Wildman–Crippen LogP) is 3.29. The van der Waals surface area contributed by atoms with E-state index in [1.54, 1.807) is 0 Å². The minimum Gasteiger partial charge on any atom is -0.358 e. The molecule has 3 rings (SSSR count). The van der Waals surface area contributed by atoms with Crippen LogP contribution in [0.1, 0.15) is 24.5 Å². The smallest absolute Gasteiger partial charge is 0.0471 e. The van der Waals surface area contributed by atoms with Crippen LogP contribution in [0.15, 0.2) is 24.3 Å². The zero-order chi connectivity index (χ0) is 11.0. The maximum absolute atomic E-state index is 5.98. The maximum atomic E-state index is 5.98. The minimum absolute atomic E-state index is 0.625. The molecule has 0 saturated carbocycles. The van der Waals surface area contributed by atoms with E-state index in [1.807, 2.05) is 12.1 Å². The van der Waals surface area contributed by atoms with Gasteiger partial charge in [0.05, 0.1) is 0 Å². The molecular formula is C13H15ClN2. The molecule has 1 aromatic heterocycles. The van der Waals surface area contributed by atoms with Crippen LogP contribution in [-0.4, -0.2) is 18.1 Å². The number of aromatic nitrogens is 1. The molecule has 1 unspecified atom stereocenters. The SMILES string of the molecule is Clc1ccc2cc(C3CCCNC3)[nH]c2c1. The van der Waals surface area contributed by atoms with E-state index in [1.165, 1.54) is 23.9 Å². The number of benzene rings is 1. The zero-order valence-corrected chi connectivity index (χ0v) is 9.85. The van der Waals surface area contributed by atoms with Gasteiger partial charge in [0.15, 0.2) is 0 Å². The third-order valence-electron chi connectivity index (χ3n) is 3.34. The van der Waals surface area contributed by atoms with Gasteiger partial charge in [-0.3, -0.25) is 0 Å². The Hall–Kier alpha value is -0.990. The first-order valence-electron chi connectivity index (χ1n) is 5.82. The van der Waals surface area contributed by atoms with Crippen LogP contribution in [0.5, 0.6) is 0 Å². The highest BCUT2D eigenvalue weighted by Gasteiger charge is 2.16. The molecule has 1 saturated heterocycles. The number of nitrogens with one attached hydrogen (secondary N) is 2. The largest absolute Gasteiger partial charge is 0.358 e. The lowest BCUT2D eigenvalue weighted by Gasteiger charge is -2.21. The monoisotopic (exact) mass is 234 g/mol. The van der Waals surface area contributed by atoms with Crippen LogP contribution in [0.2, 0.25) is 5.02 Å². The summed E-state index contributed by atoms with van der Waals surface area (Å²) in [6, 6.07) is 8.27. The lowest BCUT2D eigenvalue weighted by molar-refractivity contribution is 0.456. The van der Waals surface area contributed by atoms with Gasteiger partial charge in [0.2, 0.25) is 0 Å². The van der Waals surface area contributed by atoms with Gasteiger partial charge < -0.3 is 10.3 Å². The molecule has 3 heteroatoms. The number of H-pyrrole nitrogens is 1. The lowest BCUT2D eigenvalue weighted by Crippen LogP contribution is -2.28. The van der Waals surface area contributed by atoms with Crippen LogP contribution >= 0.6 is 11.6 Å². The minimum atomic E-state index is 0.625. The van der Waals surface area contributed by atoms with Gasteiger partial charge >= 0.3 is 0 Å². The molecule has 2 N–H and O–H groups in total. The van der Waals surface area contributed by atoms with E-state index >= 15 is 0 Å². The molecule has 0 amide bonds. The number of piperidine rings is 1. The number of rotatable bonds is 1. The Morgan fingerprint density at radius 1 is 1.25 bits per heavy atom. The molecule has 1 aliphatic rings. The van der Waals surface area contributed by atoms with Gasteiger partial charge in [0.25, 0.3) is 0 Å². The maximum Gasteiger partial charge on any atom is 0.0471 e. The normalized spacial score (nSPS) is 21.4. The van der Waals surface area contributed by atoms with E-state index in [0.29, 0.717) is 5.92 Å². The highest BCUT2D eigenvalue weighted by atomic mass is 35.5. The van der Waals surface area contributed by atoms with Crippen molar-refractivity contribution in [1.82, 2.24) is 10.3 Å². The van der Waals surface area contributed by atoms with Crippen molar-refractivity contribution in [2.45, 2.75) is 18.8 Å². The molecule has 0 aliphatic carbocycles. The molecular weight excluding hydrogens is 220 g/mol. The number of halogens is 1. The summed E-state index contributed by atoms with van der Waals surface area (Å²) < 4.78 is 0. The van der Waals surface area contributed by atoms with Crippen molar-refractivity contribution >= 4 is 22.5 Å². The second-order valence-corrected chi connectivity index (χ2v) is 4.94. The molecule has 1 atom stereocenters. The molecule has 1 aromatic carbocycles. The average Bonchev–Trinajstić information content (AvgIpc) is 2.73. The van der Waals surface area contributed by atoms with Gasteiger partial charge in [-0.15, -0.1) is 0 Å². The molecule has 2 aromatic rings. The van der Waals surface area contributed by atoms with Crippen LogP contribution in [0.25, 0.3) is 10.9 Å². The molecule has 0 spiro atoms. The van der Waals surface area contributed by atoms with Gasteiger partial charge in [-0.05, 0) is 43.0 Å². The Morgan fingerprint density at radius 3 is 3.00 bits per heavy atom. The van der Waals surface area contributed by atoms with E-state index in [-0.39, 0.29) is 0 Å². The van der Waals surface area contributed by atoms with Crippen molar-refractivity contribution in [2.75, 3.05) is 13.1 Å². The van der Waals surface area contributed by atoms with Crippen molar-refractivity contribution in [3.05, 3.63) is 35.0 Å². The van der Waals surface area contributed by atoms with Gasteiger partial charge in [-0.2, -0.15) is 0 Å². The fraction of sp³-hybridized carbons (Fsp3) is 0.385. The van der Waals surface area contributed by atoms with Gasteiger partial charge in [-0.25, -0.2) is 0 Å². The molecule has 1 fully saturated rings. The Morgan fingerprint density at radius 2 is 2.19 bits per heavy atom. The Bertz CT molecular complexity index is 498. The third kappa shape index (κ3) is 1.83. The first kappa shape index (κ1) is 10.2. The van der Waals surface area contributed by atoms with Crippen molar-refractivity contribution in [3.8, 4) is 0 Å². The quantitative estimate of drug-likeness (QED) is 0.779. The summed E-state index contributed by atoms with van der Waals surface area (Å²) in [6.07, 6.45) is 2.54. The van der Waals surface area contributed by atoms with Crippen molar-refractivity contribution < 1.29 is 0 Å². The fourth-order valence-electron chi connectivity index (χ4n) is 2.46. The molecule has 2 heterocycles. The van der Waals surface area contributed by atoms with E-state index in [4.69, 9.17) is 11.6 Å². The van der Waals surface area contributed by atoms with Crippen LogP contribution < -0.4 is 5.32 Å². The fourth-order valence-corrected chi connectivity index (χ4v) is 2.63. The summed E-state index contributed by atoms with van der Waals surface area (Å²) >= 11 is 5.98. The Kier molecular flexibility index (Phi) is 2.62. The predicted molar refractivity (Wildman–Crippen MR) is 68.2 cm³/mol. The highest BCUT2D eigenvalue weighted by Crippen LogP contribution is 2.27. The molecule has 16 heavy (non-hydrogen) atoms. The van der Waals surface area contributed by atoms with Crippen LogP contribution in [0.3, 0.4) is 0 Å². The van der Waals surface area contributed by atoms with Crippen molar-refractivity contribution in [1.29, 1.82) is 0 Å². The molecule has 84 valence electrons. The number of fused-ring (bicyclic) bond motifs is 1. The summed E-state index contributed by atoms with van der Waals surface area (Å²) in [7, 11) is 0. The number of aromatic amines is 1. The third-order valence-corrected chi connectivity index (χ3v) is 3.58. The molecule has 0 radical (unpaired) electrons. The van der Waals surface area contributed by atoms with Crippen molar-refractivity contribution in [3.63, 3.8) is 0 Å². The van der Waals surface area contributed by atoms with Gasteiger partial charge in [-0.1, -0.05) is 17.7 Å². The molecule has 0 bridgehead atoms. The number of hydrogen-bond acceptors (Lipinski definition) is 1. The molecule has 1 aliphatic heterocycles. The summed E-state index contributed by atoms with van der Waals surface area (Å²) in [5.74, 6) is 0.625. The van der Waals surface area contributed by atoms with E-state index in [0.717, 1.165) is 23.6 Å². The average molecular weight is 235 g/mol. The summed E-state index contributed by atoms with van der Waals surface area (Å²) in [5, 5.41) is 5.49. The second-order valence-electron chi connectivity index (χ2n) is 4.50. The Balaban J connectivity index is 1.97.